The van der Waals surface area contributed by atoms with Crippen molar-refractivity contribution < 1.29 is 14.3 Å². The molecule has 0 saturated heterocycles. The largest absolute Gasteiger partial charge is 0.494 e. The Bertz CT molecular complexity index is 404. The van der Waals surface area contributed by atoms with Crippen molar-refractivity contribution in [3.63, 3.8) is 0 Å². The van der Waals surface area contributed by atoms with E-state index in [9.17, 15) is 4.79 Å². The number of nitrogens with one attached hydrogen (secondary N) is 1. The Labute approximate surface area is 114 Å². The molecule has 0 saturated carbocycles. The van der Waals surface area contributed by atoms with E-state index in [4.69, 9.17) is 15.2 Å². The maximum Gasteiger partial charge on any atom is 0.273 e. The Morgan fingerprint density at radius 1 is 1.11 bits per heavy atom. The van der Waals surface area contributed by atoms with Gasteiger partial charge in [-0.2, -0.15) is 0 Å². The number of hydrogen-bond acceptors (Lipinski definition) is 3. The number of hydrogen-bond donors (Lipinski definition) is 0. The number of amides is 1. The molecule has 1 amide bonds. The lowest BCUT2D eigenvalue weighted by Crippen LogP contribution is -2.06. The normalized spacial score (nSPS) is 10.2. The van der Waals surface area contributed by atoms with Crippen molar-refractivity contribution >= 4 is 5.91 Å². The summed E-state index contributed by atoms with van der Waals surface area (Å²) >= 11 is 0. The molecule has 0 unspecified atom stereocenters. The molecule has 4 heteroatoms. The summed E-state index contributed by atoms with van der Waals surface area (Å²) in [5.41, 5.74) is 7.54. The molecule has 0 aliphatic rings. The molecule has 0 atom stereocenters. The van der Waals surface area contributed by atoms with E-state index in [0.29, 0.717) is 24.7 Å². The highest BCUT2D eigenvalue weighted by Gasteiger charge is 2.11. The molecule has 1 radical (unpaired) electrons. The van der Waals surface area contributed by atoms with Crippen LogP contribution in [0.3, 0.4) is 0 Å². The second kappa shape index (κ2) is 8.40. The highest BCUT2D eigenvalue weighted by atomic mass is 16.5. The minimum absolute atomic E-state index is 0.269. The summed E-state index contributed by atoms with van der Waals surface area (Å²) < 4.78 is 11.0. The van der Waals surface area contributed by atoms with Crippen molar-refractivity contribution in [1.82, 2.24) is 5.73 Å². The number of carbonyl (C=O) groups is 1. The van der Waals surface area contributed by atoms with Crippen LogP contribution in [-0.4, -0.2) is 19.1 Å². The fourth-order valence-electron chi connectivity index (χ4n) is 1.56. The Morgan fingerprint density at radius 2 is 1.74 bits per heavy atom. The van der Waals surface area contributed by atoms with E-state index in [1.807, 2.05) is 0 Å². The van der Waals surface area contributed by atoms with Crippen molar-refractivity contribution in [3.8, 4) is 11.5 Å². The first-order chi connectivity index (χ1) is 9.19. The van der Waals surface area contributed by atoms with Crippen LogP contribution in [0.1, 0.15) is 49.9 Å². The molecule has 1 aromatic carbocycles. The summed E-state index contributed by atoms with van der Waals surface area (Å²) in [5.74, 6) is 0.343. The monoisotopic (exact) mass is 264 g/mol. The number of ether oxygens (including phenoxy) is 2. The van der Waals surface area contributed by atoms with Crippen molar-refractivity contribution in [2.24, 2.45) is 0 Å². The molecule has 0 aliphatic carbocycles. The minimum atomic E-state index is -0.743. The van der Waals surface area contributed by atoms with Gasteiger partial charge in [-0.25, -0.2) is 0 Å². The van der Waals surface area contributed by atoms with Crippen molar-refractivity contribution in [2.45, 2.75) is 39.5 Å². The second-order valence-electron chi connectivity index (χ2n) is 4.39. The summed E-state index contributed by atoms with van der Waals surface area (Å²) in [6.07, 6.45) is 3.99. The maximum atomic E-state index is 11.3. The minimum Gasteiger partial charge on any atom is -0.494 e. The molecule has 19 heavy (non-hydrogen) atoms. The Kier molecular flexibility index (Phi) is 6.79. The van der Waals surface area contributed by atoms with Crippen molar-refractivity contribution in [2.75, 3.05) is 13.2 Å². The van der Waals surface area contributed by atoms with E-state index in [2.05, 4.69) is 13.8 Å². The van der Waals surface area contributed by atoms with E-state index in [-0.39, 0.29) is 5.56 Å². The predicted molar refractivity (Wildman–Crippen MR) is 74.7 cm³/mol. The van der Waals surface area contributed by atoms with Gasteiger partial charge in [0.1, 0.15) is 11.5 Å². The van der Waals surface area contributed by atoms with E-state index in [1.54, 1.807) is 18.2 Å². The fraction of sp³-hybridized carbons (Fsp3) is 0.533. The predicted octanol–water partition coefficient (Wildman–Crippen LogP) is 3.47. The standard InChI is InChI=1S/C15H22NO3/c1-3-5-9-18-12-7-8-14(19-10-6-4-2)13(11-12)15(16)17/h7-8,11,16H,3-6,9-10H2,1-2H3. The van der Waals surface area contributed by atoms with E-state index < -0.39 is 5.91 Å². The third kappa shape index (κ3) is 5.20. The molecule has 0 spiro atoms. The van der Waals surface area contributed by atoms with Gasteiger partial charge in [-0.1, -0.05) is 26.7 Å². The van der Waals surface area contributed by atoms with Gasteiger partial charge in [0.05, 0.1) is 18.8 Å². The third-order valence-electron chi connectivity index (χ3n) is 2.72. The van der Waals surface area contributed by atoms with Gasteiger partial charge in [-0.3, -0.25) is 10.5 Å². The molecule has 1 aromatic rings. The summed E-state index contributed by atoms with van der Waals surface area (Å²) in [6, 6.07) is 5.08. The van der Waals surface area contributed by atoms with E-state index in [1.165, 1.54) is 0 Å². The first kappa shape index (κ1) is 15.3. The van der Waals surface area contributed by atoms with Gasteiger partial charge in [-0.05, 0) is 31.0 Å². The van der Waals surface area contributed by atoms with Gasteiger partial charge in [0.2, 0.25) is 0 Å². The molecule has 4 nitrogen and oxygen atoms in total. The van der Waals surface area contributed by atoms with Crippen LogP contribution in [0, 0.1) is 0 Å². The van der Waals surface area contributed by atoms with Gasteiger partial charge in [0.25, 0.3) is 5.91 Å². The number of rotatable bonds is 9. The molecule has 105 valence electrons. The molecule has 0 fully saturated rings. The van der Waals surface area contributed by atoms with Gasteiger partial charge in [0, 0.05) is 0 Å². The zero-order valence-corrected chi connectivity index (χ0v) is 11.7. The number of unbranched alkanes of at least 4 members (excludes halogenated alkanes) is 2. The SMILES string of the molecule is CCCCOc1ccc(OCCCC)c(C([NH])=O)c1. The first-order valence-corrected chi connectivity index (χ1v) is 6.84. The Balaban J connectivity index is 2.73. The van der Waals surface area contributed by atoms with E-state index >= 15 is 0 Å². The summed E-state index contributed by atoms with van der Waals surface area (Å²) in [7, 11) is 0. The highest BCUT2D eigenvalue weighted by Crippen LogP contribution is 2.24. The van der Waals surface area contributed by atoms with Crippen LogP contribution >= 0.6 is 0 Å². The first-order valence-electron chi connectivity index (χ1n) is 6.84. The molecule has 0 aliphatic heterocycles. The van der Waals surface area contributed by atoms with Crippen LogP contribution < -0.4 is 15.2 Å². The van der Waals surface area contributed by atoms with Crippen LogP contribution in [0.5, 0.6) is 11.5 Å². The summed E-state index contributed by atoms with van der Waals surface area (Å²) in [5, 5.41) is 0. The van der Waals surface area contributed by atoms with Crippen LogP contribution in [0.2, 0.25) is 0 Å². The zero-order valence-electron chi connectivity index (χ0n) is 11.7. The average molecular weight is 264 g/mol. The van der Waals surface area contributed by atoms with Crippen LogP contribution in [0.25, 0.3) is 0 Å². The lowest BCUT2D eigenvalue weighted by Gasteiger charge is -2.11. The molecular formula is C15H22NO3. The molecule has 0 bridgehead atoms. The lowest BCUT2D eigenvalue weighted by molar-refractivity contribution is 0.0987. The lowest BCUT2D eigenvalue weighted by atomic mass is 10.2. The molecule has 0 heterocycles. The van der Waals surface area contributed by atoms with Gasteiger partial charge in [0.15, 0.2) is 0 Å². The van der Waals surface area contributed by atoms with Crippen LogP contribution in [0.4, 0.5) is 0 Å². The molecular weight excluding hydrogens is 242 g/mol. The van der Waals surface area contributed by atoms with E-state index in [0.717, 1.165) is 25.7 Å². The average Bonchev–Trinajstić information content (AvgIpc) is 2.40. The third-order valence-corrected chi connectivity index (χ3v) is 2.72. The number of carbonyl (C=O) groups excluding carboxylic acids is 1. The zero-order chi connectivity index (χ0) is 14.1. The summed E-state index contributed by atoms with van der Waals surface area (Å²) in [4.78, 5) is 11.3. The number of benzene rings is 1. The fourth-order valence-corrected chi connectivity index (χ4v) is 1.56. The smallest absolute Gasteiger partial charge is 0.273 e. The highest BCUT2D eigenvalue weighted by molar-refractivity contribution is 5.95. The molecule has 1 N–H and O–H groups in total. The van der Waals surface area contributed by atoms with Gasteiger partial charge >= 0.3 is 0 Å². The molecule has 1 rings (SSSR count). The van der Waals surface area contributed by atoms with Crippen LogP contribution in [-0.2, 0) is 0 Å². The Hall–Kier alpha value is -1.71. The van der Waals surface area contributed by atoms with Crippen LogP contribution in [0.15, 0.2) is 18.2 Å². The maximum absolute atomic E-state index is 11.3. The van der Waals surface area contributed by atoms with Gasteiger partial charge < -0.3 is 9.47 Å². The Morgan fingerprint density at radius 3 is 2.32 bits per heavy atom. The molecule has 0 aromatic heterocycles. The summed E-state index contributed by atoms with van der Waals surface area (Å²) in [6.45, 7) is 5.35. The van der Waals surface area contributed by atoms with Crippen molar-refractivity contribution in [3.05, 3.63) is 23.8 Å². The topological polar surface area (TPSA) is 59.3 Å². The quantitative estimate of drug-likeness (QED) is 0.642. The van der Waals surface area contributed by atoms with Crippen molar-refractivity contribution in [1.29, 1.82) is 0 Å². The van der Waals surface area contributed by atoms with Gasteiger partial charge in [-0.15, -0.1) is 0 Å². The second-order valence-corrected chi connectivity index (χ2v) is 4.39.